The van der Waals surface area contributed by atoms with E-state index < -0.39 is 6.10 Å². The number of aliphatic hydroxyl groups is 1. The molecule has 0 saturated carbocycles. The first-order valence-electron chi connectivity index (χ1n) is 6.91. The Balaban J connectivity index is 3.45. The van der Waals surface area contributed by atoms with Gasteiger partial charge in [-0.25, -0.2) is 0 Å². The van der Waals surface area contributed by atoms with Crippen LogP contribution in [0, 0.1) is 11.8 Å². The highest BCUT2D eigenvalue weighted by atomic mass is 16.5. The molecule has 0 bridgehead atoms. The second-order valence-electron chi connectivity index (χ2n) is 5.87. The number of aliphatic hydroxyl groups excluding tert-OH is 1. The van der Waals surface area contributed by atoms with Crippen LogP contribution in [0.5, 0.6) is 0 Å². The van der Waals surface area contributed by atoms with E-state index in [1.807, 2.05) is 0 Å². The maximum Gasteiger partial charge on any atom is 0.0897 e. The van der Waals surface area contributed by atoms with Crippen LogP contribution >= 0.6 is 0 Å². The van der Waals surface area contributed by atoms with Crippen LogP contribution in [0.2, 0.25) is 0 Å². The molecule has 0 fully saturated rings. The summed E-state index contributed by atoms with van der Waals surface area (Å²) < 4.78 is 5.40. The van der Waals surface area contributed by atoms with Gasteiger partial charge in [-0.2, -0.15) is 0 Å². The Hall–Kier alpha value is -0.120. The summed E-state index contributed by atoms with van der Waals surface area (Å²) in [7, 11) is 0. The van der Waals surface area contributed by atoms with Crippen molar-refractivity contribution >= 4 is 0 Å². The van der Waals surface area contributed by atoms with Crippen molar-refractivity contribution < 1.29 is 9.84 Å². The molecule has 0 aromatic carbocycles. The zero-order valence-corrected chi connectivity index (χ0v) is 12.2. The molecule has 0 radical (unpaired) electrons. The topological polar surface area (TPSA) is 41.5 Å². The minimum atomic E-state index is -0.393. The second kappa shape index (κ2) is 9.86. The summed E-state index contributed by atoms with van der Waals surface area (Å²) in [6.07, 6.45) is 2.00. The monoisotopic (exact) mass is 245 g/mol. The van der Waals surface area contributed by atoms with E-state index in [9.17, 15) is 5.11 Å². The molecule has 3 heteroatoms. The van der Waals surface area contributed by atoms with Crippen LogP contribution in [-0.4, -0.2) is 37.0 Å². The molecule has 2 atom stereocenters. The molecule has 0 aliphatic heterocycles. The zero-order chi connectivity index (χ0) is 13.3. The summed E-state index contributed by atoms with van der Waals surface area (Å²) in [5.74, 6) is 1.28. The van der Waals surface area contributed by atoms with Crippen LogP contribution in [0.4, 0.5) is 0 Å². The highest BCUT2D eigenvalue weighted by Crippen LogP contribution is 2.06. The summed E-state index contributed by atoms with van der Waals surface area (Å²) in [5.41, 5.74) is 0. The first kappa shape index (κ1) is 16.9. The van der Waals surface area contributed by atoms with E-state index in [0.29, 0.717) is 25.1 Å². The molecule has 3 nitrogen and oxygen atoms in total. The predicted molar refractivity (Wildman–Crippen MR) is 73.2 cm³/mol. The van der Waals surface area contributed by atoms with Crippen molar-refractivity contribution in [1.82, 2.24) is 5.32 Å². The molecule has 0 aromatic heterocycles. The Bertz CT molecular complexity index is 172. The molecule has 0 aromatic rings. The first-order chi connectivity index (χ1) is 7.91. The Morgan fingerprint density at radius 3 is 2.12 bits per heavy atom. The van der Waals surface area contributed by atoms with Crippen LogP contribution in [-0.2, 0) is 4.74 Å². The van der Waals surface area contributed by atoms with Gasteiger partial charge in [0.2, 0.25) is 0 Å². The molecule has 2 unspecified atom stereocenters. The lowest BCUT2D eigenvalue weighted by Gasteiger charge is -2.18. The van der Waals surface area contributed by atoms with Crippen molar-refractivity contribution in [2.75, 3.05) is 19.8 Å². The minimum absolute atomic E-state index is 0.393. The molecule has 0 aliphatic rings. The Labute approximate surface area is 107 Å². The van der Waals surface area contributed by atoms with Crippen molar-refractivity contribution in [3.05, 3.63) is 0 Å². The van der Waals surface area contributed by atoms with Gasteiger partial charge in [0.05, 0.1) is 12.7 Å². The van der Waals surface area contributed by atoms with Gasteiger partial charge in [0.15, 0.2) is 0 Å². The number of nitrogens with one attached hydrogen (secondary N) is 1. The molecule has 104 valence electrons. The van der Waals surface area contributed by atoms with Gasteiger partial charge in [-0.05, 0) is 31.6 Å². The van der Waals surface area contributed by atoms with Gasteiger partial charge in [-0.15, -0.1) is 0 Å². The Morgan fingerprint density at radius 1 is 0.941 bits per heavy atom. The molecule has 0 aliphatic carbocycles. The lowest BCUT2D eigenvalue weighted by atomic mass is 10.0. The van der Waals surface area contributed by atoms with Gasteiger partial charge in [0, 0.05) is 19.2 Å². The third-order valence-electron chi connectivity index (χ3n) is 2.64. The van der Waals surface area contributed by atoms with Gasteiger partial charge >= 0.3 is 0 Å². The number of hydrogen-bond acceptors (Lipinski definition) is 3. The van der Waals surface area contributed by atoms with E-state index in [0.717, 1.165) is 18.9 Å². The lowest BCUT2D eigenvalue weighted by molar-refractivity contribution is 0.0250. The third kappa shape index (κ3) is 12.1. The van der Waals surface area contributed by atoms with Crippen molar-refractivity contribution in [2.45, 2.75) is 59.6 Å². The summed E-state index contributed by atoms with van der Waals surface area (Å²) in [5, 5.41) is 13.0. The van der Waals surface area contributed by atoms with E-state index in [1.165, 1.54) is 6.42 Å². The molecule has 2 N–H and O–H groups in total. The molecule has 0 spiro atoms. The van der Waals surface area contributed by atoms with Crippen LogP contribution in [0.3, 0.4) is 0 Å². The van der Waals surface area contributed by atoms with Crippen molar-refractivity contribution in [3.8, 4) is 0 Å². The van der Waals surface area contributed by atoms with Crippen molar-refractivity contribution in [3.63, 3.8) is 0 Å². The maximum atomic E-state index is 9.70. The highest BCUT2D eigenvalue weighted by Gasteiger charge is 2.08. The van der Waals surface area contributed by atoms with Crippen LogP contribution in [0.15, 0.2) is 0 Å². The molecule has 0 heterocycles. The second-order valence-corrected chi connectivity index (χ2v) is 5.87. The van der Waals surface area contributed by atoms with E-state index in [1.54, 1.807) is 0 Å². The normalized spacial score (nSPS) is 15.5. The summed E-state index contributed by atoms with van der Waals surface area (Å²) in [6, 6.07) is 0.470. The zero-order valence-electron chi connectivity index (χ0n) is 12.2. The predicted octanol–water partition coefficient (Wildman–Crippen LogP) is 2.43. The van der Waals surface area contributed by atoms with Crippen molar-refractivity contribution in [1.29, 1.82) is 0 Å². The lowest BCUT2D eigenvalue weighted by Crippen LogP contribution is -2.36. The fraction of sp³-hybridized carbons (Fsp3) is 1.00. The summed E-state index contributed by atoms with van der Waals surface area (Å²) in [6.45, 7) is 12.6. The molecular formula is C14H31NO2. The maximum absolute atomic E-state index is 9.70. The van der Waals surface area contributed by atoms with Gasteiger partial charge < -0.3 is 15.2 Å². The SMILES string of the molecule is CC(C)CCC(C)NCC(O)COCC(C)C. The molecular weight excluding hydrogens is 214 g/mol. The van der Waals surface area contributed by atoms with E-state index >= 15 is 0 Å². The van der Waals surface area contributed by atoms with Crippen LogP contribution in [0.25, 0.3) is 0 Å². The highest BCUT2D eigenvalue weighted by molar-refractivity contribution is 4.66. The van der Waals surface area contributed by atoms with Crippen LogP contribution in [0.1, 0.15) is 47.5 Å². The van der Waals surface area contributed by atoms with E-state index in [2.05, 4.69) is 39.9 Å². The molecule has 0 saturated heterocycles. The number of hydrogen-bond donors (Lipinski definition) is 2. The Kier molecular flexibility index (Phi) is 9.79. The largest absolute Gasteiger partial charge is 0.389 e. The van der Waals surface area contributed by atoms with Gasteiger partial charge in [0.1, 0.15) is 0 Å². The first-order valence-corrected chi connectivity index (χ1v) is 6.91. The molecule has 17 heavy (non-hydrogen) atoms. The average Bonchev–Trinajstić information content (AvgIpc) is 2.23. The van der Waals surface area contributed by atoms with E-state index in [-0.39, 0.29) is 0 Å². The van der Waals surface area contributed by atoms with Crippen LogP contribution < -0.4 is 5.32 Å². The van der Waals surface area contributed by atoms with Crippen molar-refractivity contribution in [2.24, 2.45) is 11.8 Å². The summed E-state index contributed by atoms with van der Waals surface area (Å²) >= 11 is 0. The molecule has 0 rings (SSSR count). The smallest absolute Gasteiger partial charge is 0.0897 e. The minimum Gasteiger partial charge on any atom is -0.389 e. The fourth-order valence-corrected chi connectivity index (χ4v) is 1.52. The van der Waals surface area contributed by atoms with E-state index in [4.69, 9.17) is 4.74 Å². The van der Waals surface area contributed by atoms with Gasteiger partial charge in [0.25, 0.3) is 0 Å². The third-order valence-corrected chi connectivity index (χ3v) is 2.64. The molecule has 0 amide bonds. The van der Waals surface area contributed by atoms with Gasteiger partial charge in [-0.1, -0.05) is 27.7 Å². The number of rotatable bonds is 10. The summed E-state index contributed by atoms with van der Waals surface area (Å²) in [4.78, 5) is 0. The Morgan fingerprint density at radius 2 is 1.59 bits per heavy atom. The standard InChI is InChI=1S/C14H31NO2/c1-11(2)6-7-13(5)15-8-14(16)10-17-9-12(3)4/h11-16H,6-10H2,1-5H3. The fourth-order valence-electron chi connectivity index (χ4n) is 1.52. The quantitative estimate of drug-likeness (QED) is 0.621. The van der Waals surface area contributed by atoms with Gasteiger partial charge in [-0.3, -0.25) is 0 Å². The number of ether oxygens (including phenoxy) is 1. The average molecular weight is 245 g/mol.